The summed E-state index contributed by atoms with van der Waals surface area (Å²) in [5, 5.41) is 8.90. The smallest absolute Gasteiger partial charge is 0.418 e. The highest BCUT2D eigenvalue weighted by Crippen LogP contribution is 2.38. The molecule has 0 aromatic heterocycles. The van der Waals surface area contributed by atoms with Gasteiger partial charge in [-0.2, -0.15) is 24.9 Å². The number of rotatable bonds is 3. The largest absolute Gasteiger partial charge is 0.481 e. The fourth-order valence-electron chi connectivity index (χ4n) is 2.31. The van der Waals surface area contributed by atoms with E-state index in [1.807, 2.05) is 0 Å². The van der Waals surface area contributed by atoms with Crippen molar-refractivity contribution in [2.24, 2.45) is 0 Å². The lowest BCUT2D eigenvalue weighted by Gasteiger charge is -2.37. The van der Waals surface area contributed by atoms with E-state index in [2.05, 4.69) is 0 Å². The summed E-state index contributed by atoms with van der Waals surface area (Å²) in [6.07, 6.45) is -4.59. The van der Waals surface area contributed by atoms with Crippen molar-refractivity contribution in [3.8, 4) is 0 Å². The Morgan fingerprint density at radius 1 is 1.40 bits per heavy atom. The number of thioether (sulfide) groups is 1. The highest BCUT2D eigenvalue weighted by atomic mass is 32.2. The molecule has 1 unspecified atom stereocenters. The standard InChI is InChI=1S/C13H14F3NO2S/c14-13(15,16)10-3-1-2-4-11(10)17-5-6-20-8-9(17)7-12(18)19/h1-4,9H,5-8H2,(H,18,19). The molecular formula is C13H14F3NO2S. The molecule has 0 saturated carbocycles. The van der Waals surface area contributed by atoms with E-state index in [1.54, 1.807) is 22.7 Å². The molecule has 1 N–H and O–H groups in total. The van der Waals surface area contributed by atoms with E-state index >= 15 is 0 Å². The molecule has 1 aliphatic rings. The highest BCUT2D eigenvalue weighted by molar-refractivity contribution is 7.99. The number of halogens is 3. The number of nitrogens with zero attached hydrogens (tertiary/aromatic N) is 1. The van der Waals surface area contributed by atoms with Crippen LogP contribution in [0.1, 0.15) is 12.0 Å². The molecule has 110 valence electrons. The first-order chi connectivity index (χ1) is 9.39. The van der Waals surface area contributed by atoms with Crippen LogP contribution in [0, 0.1) is 0 Å². The Hall–Kier alpha value is -1.37. The summed E-state index contributed by atoms with van der Waals surface area (Å²) in [5.41, 5.74) is -0.631. The van der Waals surface area contributed by atoms with Gasteiger partial charge in [-0.3, -0.25) is 4.79 Å². The second kappa shape index (κ2) is 5.95. The highest BCUT2D eigenvalue weighted by Gasteiger charge is 2.36. The first kappa shape index (κ1) is 15.0. The quantitative estimate of drug-likeness (QED) is 0.931. The summed E-state index contributed by atoms with van der Waals surface area (Å²) in [7, 11) is 0. The summed E-state index contributed by atoms with van der Waals surface area (Å²) in [6, 6.07) is 4.93. The molecule has 3 nitrogen and oxygen atoms in total. The minimum atomic E-state index is -4.44. The minimum Gasteiger partial charge on any atom is -0.481 e. The lowest BCUT2D eigenvalue weighted by Crippen LogP contribution is -2.44. The van der Waals surface area contributed by atoms with Crippen LogP contribution >= 0.6 is 11.8 Å². The predicted octanol–water partition coefficient (Wildman–Crippen LogP) is 3.10. The van der Waals surface area contributed by atoms with Crippen LogP contribution in [-0.2, 0) is 11.0 Å². The molecule has 0 aliphatic carbocycles. The van der Waals surface area contributed by atoms with E-state index in [-0.39, 0.29) is 12.1 Å². The number of carboxylic acid groups (broad SMARTS) is 1. The van der Waals surface area contributed by atoms with Gasteiger partial charge >= 0.3 is 12.1 Å². The Morgan fingerprint density at radius 2 is 2.10 bits per heavy atom. The number of hydrogen-bond donors (Lipinski definition) is 1. The van der Waals surface area contributed by atoms with Gasteiger partial charge in [0.15, 0.2) is 0 Å². The second-order valence-electron chi connectivity index (χ2n) is 4.53. The Labute approximate surface area is 118 Å². The molecule has 1 aliphatic heterocycles. The van der Waals surface area contributed by atoms with E-state index in [0.717, 1.165) is 6.07 Å². The first-order valence-electron chi connectivity index (χ1n) is 6.12. The minimum absolute atomic E-state index is 0.0755. The van der Waals surface area contributed by atoms with Crippen molar-refractivity contribution < 1.29 is 23.1 Å². The number of para-hydroxylation sites is 1. The number of hydrogen-bond acceptors (Lipinski definition) is 3. The van der Waals surface area contributed by atoms with Crippen molar-refractivity contribution in [2.45, 2.75) is 18.6 Å². The van der Waals surface area contributed by atoms with Gasteiger partial charge in [-0.15, -0.1) is 0 Å². The summed E-state index contributed by atoms with van der Waals surface area (Å²) in [6.45, 7) is 0.426. The van der Waals surface area contributed by atoms with Gasteiger partial charge in [0, 0.05) is 29.8 Å². The van der Waals surface area contributed by atoms with Gasteiger partial charge in [0.1, 0.15) is 0 Å². The molecule has 1 heterocycles. The Bertz CT molecular complexity index is 493. The number of aliphatic carboxylic acids is 1. The maximum atomic E-state index is 13.0. The Kier molecular flexibility index (Phi) is 4.47. The SMILES string of the molecule is O=C(O)CC1CSCCN1c1ccccc1C(F)(F)F. The zero-order valence-corrected chi connectivity index (χ0v) is 11.4. The molecule has 0 bridgehead atoms. The summed E-state index contributed by atoms with van der Waals surface area (Å²) in [4.78, 5) is 12.4. The van der Waals surface area contributed by atoms with Crippen LogP contribution in [-0.4, -0.2) is 35.2 Å². The fraction of sp³-hybridized carbons (Fsp3) is 0.462. The summed E-state index contributed by atoms with van der Waals surface area (Å²) < 4.78 is 39.1. The van der Waals surface area contributed by atoms with Crippen LogP contribution in [0.2, 0.25) is 0 Å². The van der Waals surface area contributed by atoms with Crippen molar-refractivity contribution in [1.82, 2.24) is 0 Å². The van der Waals surface area contributed by atoms with E-state index in [1.165, 1.54) is 12.1 Å². The van der Waals surface area contributed by atoms with Crippen molar-refractivity contribution in [1.29, 1.82) is 0 Å². The van der Waals surface area contributed by atoms with Gasteiger partial charge in [0.25, 0.3) is 0 Å². The predicted molar refractivity (Wildman–Crippen MR) is 72.2 cm³/mol. The number of carbonyl (C=O) groups is 1. The summed E-state index contributed by atoms with van der Waals surface area (Å²) in [5.74, 6) is 0.229. The van der Waals surface area contributed by atoms with Crippen LogP contribution < -0.4 is 4.90 Å². The van der Waals surface area contributed by atoms with Crippen molar-refractivity contribution in [2.75, 3.05) is 23.0 Å². The number of alkyl halides is 3. The van der Waals surface area contributed by atoms with E-state index in [4.69, 9.17) is 5.11 Å². The van der Waals surface area contributed by atoms with Crippen molar-refractivity contribution in [3.63, 3.8) is 0 Å². The van der Waals surface area contributed by atoms with Crippen LogP contribution in [0.15, 0.2) is 24.3 Å². The number of benzene rings is 1. The van der Waals surface area contributed by atoms with Gasteiger partial charge in [0.2, 0.25) is 0 Å². The molecule has 1 atom stereocenters. The van der Waals surface area contributed by atoms with Gasteiger partial charge in [-0.25, -0.2) is 0 Å². The lowest BCUT2D eigenvalue weighted by molar-refractivity contribution is -0.137. The molecular weight excluding hydrogens is 291 g/mol. The van der Waals surface area contributed by atoms with Gasteiger partial charge in [-0.05, 0) is 12.1 Å². The molecule has 1 saturated heterocycles. The molecule has 0 radical (unpaired) electrons. The van der Waals surface area contributed by atoms with Crippen LogP contribution in [0.3, 0.4) is 0 Å². The molecule has 1 aromatic carbocycles. The van der Waals surface area contributed by atoms with Gasteiger partial charge in [0.05, 0.1) is 12.0 Å². The molecule has 0 amide bonds. The number of anilines is 1. The van der Waals surface area contributed by atoms with Gasteiger partial charge < -0.3 is 10.0 Å². The van der Waals surface area contributed by atoms with Crippen LogP contribution in [0.5, 0.6) is 0 Å². The molecule has 1 fully saturated rings. The summed E-state index contributed by atoms with van der Waals surface area (Å²) >= 11 is 1.57. The van der Waals surface area contributed by atoms with E-state index < -0.39 is 23.8 Å². The molecule has 20 heavy (non-hydrogen) atoms. The molecule has 7 heteroatoms. The Balaban J connectivity index is 2.35. The van der Waals surface area contributed by atoms with Crippen molar-refractivity contribution >= 4 is 23.4 Å². The molecule has 2 rings (SSSR count). The van der Waals surface area contributed by atoms with E-state index in [0.29, 0.717) is 18.1 Å². The monoisotopic (exact) mass is 305 g/mol. The zero-order chi connectivity index (χ0) is 14.8. The van der Waals surface area contributed by atoms with Gasteiger partial charge in [-0.1, -0.05) is 12.1 Å². The molecule has 0 spiro atoms. The van der Waals surface area contributed by atoms with E-state index in [9.17, 15) is 18.0 Å². The normalized spacial score (nSPS) is 19.9. The fourth-order valence-corrected chi connectivity index (χ4v) is 3.37. The first-order valence-corrected chi connectivity index (χ1v) is 7.27. The maximum absolute atomic E-state index is 13.0. The number of carboxylic acids is 1. The second-order valence-corrected chi connectivity index (χ2v) is 5.68. The lowest BCUT2D eigenvalue weighted by atomic mass is 10.1. The molecule has 1 aromatic rings. The van der Waals surface area contributed by atoms with Crippen molar-refractivity contribution in [3.05, 3.63) is 29.8 Å². The third-order valence-electron chi connectivity index (χ3n) is 3.16. The third-order valence-corrected chi connectivity index (χ3v) is 4.25. The topological polar surface area (TPSA) is 40.5 Å². The maximum Gasteiger partial charge on any atom is 0.418 e. The third kappa shape index (κ3) is 3.39. The average molecular weight is 305 g/mol. The van der Waals surface area contributed by atoms with Crippen LogP contribution in [0.25, 0.3) is 0 Å². The zero-order valence-electron chi connectivity index (χ0n) is 10.6. The Morgan fingerprint density at radius 3 is 2.75 bits per heavy atom. The average Bonchev–Trinajstić information content (AvgIpc) is 2.38. The van der Waals surface area contributed by atoms with Crippen LogP contribution in [0.4, 0.5) is 18.9 Å².